The van der Waals surface area contributed by atoms with Gasteiger partial charge in [0.15, 0.2) is 0 Å². The molecule has 1 aromatic rings. The molecule has 2 atom stereocenters. The Hall–Kier alpha value is -1.59. The number of morpholine rings is 1. The molecule has 2 rings (SSSR count). The molecule has 0 aliphatic carbocycles. The normalized spacial score (nSPS) is 19.7. The third-order valence-corrected chi connectivity index (χ3v) is 4.20. The molecule has 1 aromatic carbocycles. The highest BCUT2D eigenvalue weighted by Gasteiger charge is 2.26. The van der Waals surface area contributed by atoms with E-state index >= 15 is 0 Å². The van der Waals surface area contributed by atoms with Crippen LogP contribution in [0, 0.1) is 12.8 Å². The quantitative estimate of drug-likeness (QED) is 0.876. The summed E-state index contributed by atoms with van der Waals surface area (Å²) in [6, 6.07) is 8.10. The van der Waals surface area contributed by atoms with Gasteiger partial charge in [-0.05, 0) is 30.4 Å². The topological polar surface area (TPSA) is 61.8 Å². The number of benzene rings is 1. The summed E-state index contributed by atoms with van der Waals surface area (Å²) >= 11 is 0. The van der Waals surface area contributed by atoms with E-state index in [0.29, 0.717) is 25.6 Å². The van der Waals surface area contributed by atoms with Gasteiger partial charge in [0, 0.05) is 6.54 Å². The van der Waals surface area contributed by atoms with Gasteiger partial charge in [-0.1, -0.05) is 38.1 Å². The third kappa shape index (κ3) is 4.94. The summed E-state index contributed by atoms with van der Waals surface area (Å²) in [5.74, 6) is 0.481. The van der Waals surface area contributed by atoms with E-state index in [1.165, 1.54) is 11.1 Å². The molecule has 0 bridgehead atoms. The van der Waals surface area contributed by atoms with Crippen LogP contribution in [0.15, 0.2) is 24.3 Å². The summed E-state index contributed by atoms with van der Waals surface area (Å²) in [4.78, 5) is 14.3. The van der Waals surface area contributed by atoms with E-state index in [0.717, 1.165) is 6.42 Å². The van der Waals surface area contributed by atoms with Gasteiger partial charge in [0.1, 0.15) is 0 Å². The number of carbonyl (C=O) groups excluding carboxylic acids is 1. The van der Waals surface area contributed by atoms with Crippen molar-refractivity contribution in [1.82, 2.24) is 10.2 Å². The number of nitrogens with one attached hydrogen (secondary N) is 1. The van der Waals surface area contributed by atoms with E-state index in [2.05, 4.69) is 38.2 Å². The van der Waals surface area contributed by atoms with Crippen LogP contribution < -0.4 is 5.32 Å². The van der Waals surface area contributed by atoms with Gasteiger partial charge in [0.05, 0.1) is 31.9 Å². The molecule has 2 N–H and O–H groups in total. The zero-order valence-electron chi connectivity index (χ0n) is 14.3. The molecule has 2 amide bonds. The second kappa shape index (κ2) is 8.31. The van der Waals surface area contributed by atoms with Crippen molar-refractivity contribution in [3.05, 3.63) is 35.4 Å². The molecule has 1 aliphatic heterocycles. The van der Waals surface area contributed by atoms with E-state index in [1.807, 2.05) is 12.1 Å². The van der Waals surface area contributed by atoms with Crippen LogP contribution in [0.25, 0.3) is 0 Å². The molecule has 1 fully saturated rings. The zero-order valence-corrected chi connectivity index (χ0v) is 14.3. The minimum Gasteiger partial charge on any atom is -0.394 e. The Balaban J connectivity index is 2.08. The summed E-state index contributed by atoms with van der Waals surface area (Å²) < 4.78 is 5.41. The van der Waals surface area contributed by atoms with E-state index in [4.69, 9.17) is 4.74 Å². The second-order valence-electron chi connectivity index (χ2n) is 6.61. The van der Waals surface area contributed by atoms with Crippen molar-refractivity contribution in [3.63, 3.8) is 0 Å². The highest BCUT2D eigenvalue weighted by Crippen LogP contribution is 2.24. The molecule has 0 saturated carbocycles. The van der Waals surface area contributed by atoms with Crippen LogP contribution in [-0.4, -0.2) is 48.4 Å². The van der Waals surface area contributed by atoms with E-state index in [1.54, 1.807) is 4.90 Å². The molecule has 23 heavy (non-hydrogen) atoms. The number of amides is 2. The lowest BCUT2D eigenvalue weighted by molar-refractivity contribution is -0.0405. The Morgan fingerprint density at radius 3 is 2.83 bits per heavy atom. The maximum absolute atomic E-state index is 12.6. The van der Waals surface area contributed by atoms with Crippen LogP contribution in [-0.2, 0) is 4.74 Å². The van der Waals surface area contributed by atoms with Gasteiger partial charge in [-0.25, -0.2) is 4.79 Å². The molecule has 1 saturated heterocycles. The van der Waals surface area contributed by atoms with Gasteiger partial charge in [-0.2, -0.15) is 0 Å². The number of hydrogen-bond acceptors (Lipinski definition) is 3. The van der Waals surface area contributed by atoms with Crippen molar-refractivity contribution in [3.8, 4) is 0 Å². The van der Waals surface area contributed by atoms with Crippen molar-refractivity contribution < 1.29 is 14.6 Å². The SMILES string of the molecule is Cc1ccccc1C(CC(C)C)NC(=O)N1CCOC(CO)C1. The lowest BCUT2D eigenvalue weighted by atomic mass is 9.94. The summed E-state index contributed by atoms with van der Waals surface area (Å²) in [7, 11) is 0. The number of urea groups is 1. The zero-order chi connectivity index (χ0) is 16.8. The van der Waals surface area contributed by atoms with Crippen molar-refractivity contribution in [2.75, 3.05) is 26.3 Å². The lowest BCUT2D eigenvalue weighted by Crippen LogP contribution is -2.51. The number of carbonyl (C=O) groups is 1. The first-order valence-electron chi connectivity index (χ1n) is 8.34. The average Bonchev–Trinajstić information content (AvgIpc) is 2.54. The van der Waals surface area contributed by atoms with E-state index in [9.17, 15) is 9.90 Å². The molecule has 1 aliphatic rings. The first kappa shape index (κ1) is 17.8. The van der Waals surface area contributed by atoms with Gasteiger partial charge < -0.3 is 20.1 Å². The number of nitrogens with zero attached hydrogens (tertiary/aromatic N) is 1. The highest BCUT2D eigenvalue weighted by molar-refractivity contribution is 5.75. The first-order valence-corrected chi connectivity index (χ1v) is 8.34. The molecule has 1 heterocycles. The highest BCUT2D eigenvalue weighted by atomic mass is 16.5. The van der Waals surface area contributed by atoms with Crippen molar-refractivity contribution >= 4 is 6.03 Å². The van der Waals surface area contributed by atoms with Crippen molar-refractivity contribution in [2.24, 2.45) is 5.92 Å². The number of aryl methyl sites for hydroxylation is 1. The second-order valence-corrected chi connectivity index (χ2v) is 6.61. The van der Waals surface area contributed by atoms with Crippen molar-refractivity contribution in [1.29, 1.82) is 0 Å². The smallest absolute Gasteiger partial charge is 0.318 e. The van der Waals surface area contributed by atoms with Crippen LogP contribution in [0.1, 0.15) is 37.4 Å². The summed E-state index contributed by atoms with van der Waals surface area (Å²) in [6.07, 6.45) is 0.612. The van der Waals surface area contributed by atoms with E-state index in [-0.39, 0.29) is 24.8 Å². The van der Waals surface area contributed by atoms with E-state index < -0.39 is 0 Å². The van der Waals surface area contributed by atoms with Crippen LogP contribution in [0.4, 0.5) is 4.79 Å². The standard InChI is InChI=1S/C18H28N2O3/c1-13(2)10-17(16-7-5-4-6-14(16)3)19-18(22)20-8-9-23-15(11-20)12-21/h4-7,13,15,17,21H,8-12H2,1-3H3,(H,19,22). The van der Waals surface area contributed by atoms with Gasteiger partial charge in [0.25, 0.3) is 0 Å². The van der Waals surface area contributed by atoms with Crippen molar-refractivity contribution in [2.45, 2.75) is 39.3 Å². The fraction of sp³-hybridized carbons (Fsp3) is 0.611. The fourth-order valence-corrected chi connectivity index (χ4v) is 2.97. The van der Waals surface area contributed by atoms with Crippen LogP contribution >= 0.6 is 0 Å². The molecular formula is C18H28N2O3. The first-order chi connectivity index (χ1) is 11.0. The molecule has 0 spiro atoms. The molecule has 5 heteroatoms. The Bertz CT molecular complexity index is 519. The number of aliphatic hydroxyl groups is 1. The van der Waals surface area contributed by atoms with Gasteiger partial charge >= 0.3 is 6.03 Å². The summed E-state index contributed by atoms with van der Waals surface area (Å²) in [6.45, 7) is 7.80. The monoisotopic (exact) mass is 320 g/mol. The predicted molar refractivity (Wildman–Crippen MR) is 90.3 cm³/mol. The summed E-state index contributed by atoms with van der Waals surface area (Å²) in [5.41, 5.74) is 2.36. The number of aliphatic hydroxyl groups excluding tert-OH is 1. The minimum absolute atomic E-state index is 0.000813. The Labute approximate surface area is 138 Å². The Kier molecular flexibility index (Phi) is 6.42. The Morgan fingerprint density at radius 2 is 2.17 bits per heavy atom. The van der Waals surface area contributed by atoms with Gasteiger partial charge in [-0.15, -0.1) is 0 Å². The number of ether oxygens (including phenoxy) is 1. The largest absolute Gasteiger partial charge is 0.394 e. The van der Waals surface area contributed by atoms with Crippen LogP contribution in [0.2, 0.25) is 0 Å². The van der Waals surface area contributed by atoms with Crippen LogP contribution in [0.5, 0.6) is 0 Å². The fourth-order valence-electron chi connectivity index (χ4n) is 2.97. The molecular weight excluding hydrogens is 292 g/mol. The predicted octanol–water partition coefficient (Wildman–Crippen LogP) is 2.48. The maximum atomic E-state index is 12.6. The number of hydrogen-bond donors (Lipinski definition) is 2. The lowest BCUT2D eigenvalue weighted by Gasteiger charge is -2.34. The third-order valence-electron chi connectivity index (χ3n) is 4.20. The minimum atomic E-state index is -0.281. The molecule has 0 aromatic heterocycles. The average molecular weight is 320 g/mol. The van der Waals surface area contributed by atoms with Gasteiger partial charge in [-0.3, -0.25) is 0 Å². The summed E-state index contributed by atoms with van der Waals surface area (Å²) in [5, 5.41) is 12.4. The molecule has 5 nitrogen and oxygen atoms in total. The maximum Gasteiger partial charge on any atom is 0.318 e. The molecule has 0 radical (unpaired) electrons. The molecule has 128 valence electrons. The van der Waals surface area contributed by atoms with Crippen LogP contribution in [0.3, 0.4) is 0 Å². The Morgan fingerprint density at radius 1 is 1.43 bits per heavy atom. The number of rotatable bonds is 5. The van der Waals surface area contributed by atoms with Gasteiger partial charge in [0.2, 0.25) is 0 Å². The molecule has 2 unspecified atom stereocenters.